The lowest BCUT2D eigenvalue weighted by Crippen LogP contribution is -2.32. The standard InChI is InChI=1S/C24H26N6O/c1-16(2)24-26-9-11-30(24)22-15-25-14-20(28-22)21-8-5-10-29(21)23(31)12-17-13-27-19-7-4-3-6-18(17)19/h3-4,6-7,9,11,13-16,21,27H,5,8,10,12H2,1-2H3. The SMILES string of the molecule is CC(C)c1nccn1-c1cncc(C2CCCN2C(=O)Cc2c[nH]c3ccccc23)n1. The fraction of sp³-hybridized carbons (Fsp3) is 0.333. The van der Waals surface area contributed by atoms with Gasteiger partial charge in [0, 0.05) is 42.0 Å². The second-order valence-corrected chi connectivity index (χ2v) is 8.39. The molecule has 1 saturated heterocycles. The number of benzene rings is 1. The summed E-state index contributed by atoms with van der Waals surface area (Å²) in [4.78, 5) is 32.3. The van der Waals surface area contributed by atoms with Crippen molar-refractivity contribution < 1.29 is 4.79 Å². The van der Waals surface area contributed by atoms with Gasteiger partial charge in [-0.05, 0) is 24.5 Å². The zero-order valence-electron chi connectivity index (χ0n) is 17.8. The molecule has 0 aliphatic carbocycles. The lowest BCUT2D eigenvalue weighted by Gasteiger charge is -2.24. The minimum atomic E-state index is -0.0452. The molecule has 0 bridgehead atoms. The zero-order valence-corrected chi connectivity index (χ0v) is 17.8. The number of nitrogens with zero attached hydrogens (tertiary/aromatic N) is 5. The molecule has 7 nitrogen and oxygen atoms in total. The van der Waals surface area contributed by atoms with Crippen molar-refractivity contribution in [3.63, 3.8) is 0 Å². The molecule has 1 aromatic carbocycles. The maximum absolute atomic E-state index is 13.2. The van der Waals surface area contributed by atoms with Gasteiger partial charge in [-0.25, -0.2) is 9.97 Å². The molecule has 1 atom stereocenters. The summed E-state index contributed by atoms with van der Waals surface area (Å²) in [5.74, 6) is 2.10. The number of carbonyl (C=O) groups is 1. The van der Waals surface area contributed by atoms with Gasteiger partial charge in [-0.2, -0.15) is 0 Å². The molecule has 4 aromatic rings. The molecule has 3 aromatic heterocycles. The van der Waals surface area contributed by atoms with Crippen LogP contribution in [0, 0.1) is 0 Å². The highest BCUT2D eigenvalue weighted by Crippen LogP contribution is 2.32. The molecule has 1 unspecified atom stereocenters. The van der Waals surface area contributed by atoms with Gasteiger partial charge in [0.2, 0.25) is 5.91 Å². The number of nitrogens with one attached hydrogen (secondary N) is 1. The highest BCUT2D eigenvalue weighted by Gasteiger charge is 2.31. The number of amides is 1. The van der Waals surface area contributed by atoms with Crippen molar-refractivity contribution in [2.45, 2.75) is 45.1 Å². The molecular weight excluding hydrogens is 388 g/mol. The molecule has 5 rings (SSSR count). The highest BCUT2D eigenvalue weighted by molar-refractivity contribution is 5.89. The van der Waals surface area contributed by atoms with Gasteiger partial charge in [-0.3, -0.25) is 14.3 Å². The third kappa shape index (κ3) is 3.60. The van der Waals surface area contributed by atoms with Crippen LogP contribution in [-0.4, -0.2) is 41.9 Å². The van der Waals surface area contributed by atoms with Crippen LogP contribution < -0.4 is 0 Å². The molecule has 0 saturated carbocycles. The Hall–Kier alpha value is -3.48. The van der Waals surface area contributed by atoms with E-state index in [0.29, 0.717) is 6.42 Å². The van der Waals surface area contributed by atoms with Gasteiger partial charge in [0.05, 0.1) is 30.6 Å². The van der Waals surface area contributed by atoms with Crippen LogP contribution in [0.1, 0.15) is 55.7 Å². The zero-order chi connectivity index (χ0) is 21.4. The Morgan fingerprint density at radius 1 is 1.26 bits per heavy atom. The van der Waals surface area contributed by atoms with Crippen molar-refractivity contribution in [3.8, 4) is 5.82 Å². The molecule has 4 heterocycles. The molecule has 1 aliphatic heterocycles. The summed E-state index contributed by atoms with van der Waals surface area (Å²) >= 11 is 0. The molecule has 1 fully saturated rings. The summed E-state index contributed by atoms with van der Waals surface area (Å²) in [6, 6.07) is 8.05. The van der Waals surface area contributed by atoms with Crippen molar-refractivity contribution in [1.82, 2.24) is 29.4 Å². The monoisotopic (exact) mass is 414 g/mol. The van der Waals surface area contributed by atoms with Crippen molar-refractivity contribution in [1.29, 1.82) is 0 Å². The second-order valence-electron chi connectivity index (χ2n) is 8.39. The molecule has 31 heavy (non-hydrogen) atoms. The van der Waals surface area contributed by atoms with E-state index in [2.05, 4.69) is 34.9 Å². The summed E-state index contributed by atoms with van der Waals surface area (Å²) in [5.41, 5.74) is 2.93. The normalized spacial score (nSPS) is 16.5. The summed E-state index contributed by atoms with van der Waals surface area (Å²) in [6.45, 7) is 4.97. The van der Waals surface area contributed by atoms with Crippen molar-refractivity contribution >= 4 is 16.8 Å². The predicted molar refractivity (Wildman–Crippen MR) is 119 cm³/mol. The highest BCUT2D eigenvalue weighted by atomic mass is 16.2. The Morgan fingerprint density at radius 3 is 3.00 bits per heavy atom. The quantitative estimate of drug-likeness (QED) is 0.531. The Bertz CT molecular complexity index is 1220. The van der Waals surface area contributed by atoms with Crippen LogP contribution in [0.5, 0.6) is 0 Å². The number of likely N-dealkylation sites (tertiary alicyclic amines) is 1. The van der Waals surface area contributed by atoms with E-state index in [1.807, 2.05) is 40.1 Å². The number of carbonyl (C=O) groups excluding carboxylic acids is 1. The van der Waals surface area contributed by atoms with Gasteiger partial charge in [-0.15, -0.1) is 0 Å². The van der Waals surface area contributed by atoms with Gasteiger partial charge >= 0.3 is 0 Å². The average molecular weight is 415 g/mol. The summed E-state index contributed by atoms with van der Waals surface area (Å²) in [5, 5.41) is 1.11. The molecule has 1 N–H and O–H groups in total. The van der Waals surface area contributed by atoms with E-state index in [1.165, 1.54) is 0 Å². The van der Waals surface area contributed by atoms with E-state index in [-0.39, 0.29) is 17.9 Å². The van der Waals surface area contributed by atoms with Crippen LogP contribution in [0.4, 0.5) is 0 Å². The van der Waals surface area contributed by atoms with Gasteiger partial charge in [0.25, 0.3) is 0 Å². The Morgan fingerprint density at radius 2 is 2.13 bits per heavy atom. The van der Waals surface area contributed by atoms with E-state index in [1.54, 1.807) is 18.6 Å². The van der Waals surface area contributed by atoms with Gasteiger partial charge in [0.1, 0.15) is 5.82 Å². The van der Waals surface area contributed by atoms with Gasteiger partial charge < -0.3 is 9.88 Å². The van der Waals surface area contributed by atoms with Crippen LogP contribution >= 0.6 is 0 Å². The topological polar surface area (TPSA) is 79.7 Å². The molecule has 0 radical (unpaired) electrons. The first-order valence-corrected chi connectivity index (χ1v) is 10.8. The van der Waals surface area contributed by atoms with Crippen molar-refractivity contribution in [3.05, 3.63) is 72.3 Å². The molecule has 0 spiro atoms. The summed E-state index contributed by atoms with van der Waals surface area (Å²) < 4.78 is 1.98. The number of rotatable bonds is 5. The second kappa shape index (κ2) is 7.98. The van der Waals surface area contributed by atoms with E-state index in [9.17, 15) is 4.79 Å². The van der Waals surface area contributed by atoms with E-state index >= 15 is 0 Å². The fourth-order valence-corrected chi connectivity index (χ4v) is 4.50. The molecule has 7 heteroatoms. The summed E-state index contributed by atoms with van der Waals surface area (Å²) in [7, 11) is 0. The van der Waals surface area contributed by atoms with Gasteiger partial charge in [0.15, 0.2) is 5.82 Å². The van der Waals surface area contributed by atoms with Crippen LogP contribution in [0.25, 0.3) is 16.7 Å². The predicted octanol–water partition coefficient (Wildman–Crippen LogP) is 4.17. The Labute approximate surface area is 181 Å². The number of H-pyrrole nitrogens is 1. The number of fused-ring (bicyclic) bond motifs is 1. The third-order valence-corrected chi connectivity index (χ3v) is 6.00. The first kappa shape index (κ1) is 19.5. The molecule has 158 valence electrons. The van der Waals surface area contributed by atoms with E-state index in [0.717, 1.165) is 53.2 Å². The van der Waals surface area contributed by atoms with E-state index < -0.39 is 0 Å². The lowest BCUT2D eigenvalue weighted by atomic mass is 10.1. The molecule has 1 amide bonds. The first-order valence-electron chi connectivity index (χ1n) is 10.8. The maximum Gasteiger partial charge on any atom is 0.227 e. The number of hydrogen-bond donors (Lipinski definition) is 1. The van der Waals surface area contributed by atoms with Crippen LogP contribution in [0.15, 0.2) is 55.2 Å². The third-order valence-electron chi connectivity index (χ3n) is 6.00. The van der Waals surface area contributed by atoms with E-state index in [4.69, 9.17) is 4.98 Å². The number of para-hydroxylation sites is 1. The number of hydrogen-bond acceptors (Lipinski definition) is 4. The Balaban J connectivity index is 1.40. The number of aromatic amines is 1. The van der Waals surface area contributed by atoms with Crippen molar-refractivity contribution in [2.75, 3.05) is 6.54 Å². The minimum Gasteiger partial charge on any atom is -0.361 e. The van der Waals surface area contributed by atoms with Crippen LogP contribution in [0.3, 0.4) is 0 Å². The molecular formula is C24H26N6O. The number of imidazole rings is 1. The largest absolute Gasteiger partial charge is 0.361 e. The van der Waals surface area contributed by atoms with Crippen molar-refractivity contribution in [2.24, 2.45) is 0 Å². The smallest absolute Gasteiger partial charge is 0.227 e. The summed E-state index contributed by atoms with van der Waals surface area (Å²) in [6.07, 6.45) is 11.4. The van der Waals surface area contributed by atoms with Crippen LogP contribution in [0.2, 0.25) is 0 Å². The average Bonchev–Trinajstić information content (AvgIpc) is 3.53. The maximum atomic E-state index is 13.2. The Kier molecular flexibility index (Phi) is 5.02. The lowest BCUT2D eigenvalue weighted by molar-refractivity contribution is -0.131. The number of aromatic nitrogens is 5. The molecule has 1 aliphatic rings. The minimum absolute atomic E-state index is 0.0452. The fourth-order valence-electron chi connectivity index (χ4n) is 4.50. The first-order chi connectivity index (χ1) is 15.1. The van der Waals surface area contributed by atoms with Crippen LogP contribution in [-0.2, 0) is 11.2 Å². The van der Waals surface area contributed by atoms with Gasteiger partial charge in [-0.1, -0.05) is 32.0 Å².